The van der Waals surface area contributed by atoms with E-state index in [1.165, 1.54) is 13.2 Å². The van der Waals surface area contributed by atoms with Crippen LogP contribution in [0.4, 0.5) is 10.1 Å². The number of halogens is 1. The van der Waals surface area contributed by atoms with Crippen molar-refractivity contribution in [3.8, 4) is 5.75 Å². The number of hydrogen-bond acceptors (Lipinski definition) is 4. The predicted molar refractivity (Wildman–Crippen MR) is 103 cm³/mol. The molecule has 0 saturated heterocycles. The number of ether oxygens (including phenoxy) is 1. The van der Waals surface area contributed by atoms with Crippen LogP contribution in [0.5, 0.6) is 5.75 Å². The van der Waals surface area contributed by atoms with Gasteiger partial charge in [-0.15, -0.1) is 0 Å². The number of β-amino-alcohol motifs (C(OH)–C–C–N with tert-alkyl or cyclic N) is 1. The first kappa shape index (κ1) is 17.4. The number of rotatable bonds is 3. The molecule has 0 fully saturated rings. The number of aryl methyl sites for hydroxylation is 1. The number of amidine groups is 1. The number of hydrogen-bond donors (Lipinski definition) is 1. The highest BCUT2D eigenvalue weighted by atomic mass is 32.2. The van der Waals surface area contributed by atoms with Gasteiger partial charge in [-0.3, -0.25) is 0 Å². The average Bonchev–Trinajstić information content (AvgIpc) is 2.96. The molecule has 1 N–H and O–H groups in total. The Labute approximate surface area is 156 Å². The van der Waals surface area contributed by atoms with Gasteiger partial charge in [0.15, 0.2) is 6.54 Å². The first-order valence-corrected chi connectivity index (χ1v) is 9.70. The Bertz CT molecular complexity index is 886. The molecule has 2 aliphatic rings. The summed E-state index contributed by atoms with van der Waals surface area (Å²) in [7, 11) is 1.51. The van der Waals surface area contributed by atoms with Crippen molar-refractivity contribution in [1.29, 1.82) is 0 Å². The summed E-state index contributed by atoms with van der Waals surface area (Å²) in [6, 6.07) is 12.8. The van der Waals surface area contributed by atoms with Crippen LogP contribution < -0.4 is 9.64 Å². The van der Waals surface area contributed by atoms with Gasteiger partial charge in [0.2, 0.25) is 0 Å². The molecule has 1 atom stereocenters. The third-order valence-corrected chi connectivity index (χ3v) is 6.25. The van der Waals surface area contributed by atoms with Crippen molar-refractivity contribution in [3.63, 3.8) is 0 Å². The maximum atomic E-state index is 14.8. The lowest BCUT2D eigenvalue weighted by molar-refractivity contribution is -0.657. The first-order chi connectivity index (χ1) is 12.5. The van der Waals surface area contributed by atoms with Crippen molar-refractivity contribution in [2.75, 3.05) is 30.9 Å². The third-order valence-electron chi connectivity index (χ3n) is 5.06. The number of thioether (sulfide) groups is 1. The maximum absolute atomic E-state index is 14.8. The van der Waals surface area contributed by atoms with E-state index >= 15 is 0 Å². The summed E-state index contributed by atoms with van der Waals surface area (Å²) in [5, 5.41) is 12.6. The SMILES string of the molecule is COc1ccc([C@]2(O)CN(c3ccccc3C)C3=[N+]2CCCS3)c(F)c1. The van der Waals surface area contributed by atoms with E-state index in [0.717, 1.165) is 28.6 Å². The number of anilines is 1. The molecule has 6 heteroatoms. The number of para-hydroxylation sites is 1. The van der Waals surface area contributed by atoms with Gasteiger partial charge in [-0.1, -0.05) is 18.2 Å². The highest BCUT2D eigenvalue weighted by Gasteiger charge is 2.54. The third kappa shape index (κ3) is 2.68. The second kappa shape index (κ2) is 6.59. The fraction of sp³-hybridized carbons (Fsp3) is 0.350. The molecule has 2 aliphatic heterocycles. The first-order valence-electron chi connectivity index (χ1n) is 8.71. The van der Waals surface area contributed by atoms with E-state index in [-0.39, 0.29) is 5.56 Å². The number of aliphatic hydroxyl groups is 1. The zero-order valence-electron chi connectivity index (χ0n) is 14.9. The molecule has 0 amide bonds. The fourth-order valence-electron chi connectivity index (χ4n) is 3.73. The van der Waals surface area contributed by atoms with E-state index in [2.05, 4.69) is 17.9 Å². The van der Waals surface area contributed by atoms with Crippen molar-refractivity contribution in [2.24, 2.45) is 0 Å². The minimum absolute atomic E-state index is 0.286. The normalized spacial score (nSPS) is 22.5. The second-order valence-electron chi connectivity index (χ2n) is 6.67. The van der Waals surface area contributed by atoms with E-state index in [9.17, 15) is 9.50 Å². The van der Waals surface area contributed by atoms with Gasteiger partial charge in [-0.25, -0.2) is 13.9 Å². The van der Waals surface area contributed by atoms with Crippen LogP contribution in [-0.4, -0.2) is 40.8 Å². The standard InChI is InChI=1S/C20H22FN2O2S/c1-14-6-3-4-7-18(14)22-13-20(24,23-10-5-11-26-19(22)23)16-9-8-15(25-2)12-17(16)21/h3-4,6-9,12,24H,5,10-11,13H2,1-2H3/q+1/t20-/m1/s1. The number of nitrogens with zero attached hydrogens (tertiary/aromatic N) is 2. The van der Waals surface area contributed by atoms with Crippen LogP contribution in [0.3, 0.4) is 0 Å². The molecule has 4 rings (SSSR count). The molecule has 2 aromatic rings. The average molecular weight is 373 g/mol. The monoisotopic (exact) mass is 373 g/mol. The van der Waals surface area contributed by atoms with Crippen LogP contribution in [0.1, 0.15) is 17.5 Å². The summed E-state index contributed by atoms with van der Waals surface area (Å²) >= 11 is 1.72. The minimum atomic E-state index is -1.40. The molecule has 136 valence electrons. The Morgan fingerprint density at radius 2 is 2.08 bits per heavy atom. The molecule has 0 radical (unpaired) electrons. The summed E-state index contributed by atoms with van der Waals surface area (Å²) in [4.78, 5) is 2.11. The van der Waals surface area contributed by atoms with Crippen molar-refractivity contribution in [3.05, 3.63) is 59.4 Å². The van der Waals surface area contributed by atoms with Gasteiger partial charge in [0.25, 0.3) is 5.72 Å². The van der Waals surface area contributed by atoms with Gasteiger partial charge in [0, 0.05) is 11.8 Å². The molecule has 0 unspecified atom stereocenters. The lowest BCUT2D eigenvalue weighted by Gasteiger charge is -2.24. The Morgan fingerprint density at radius 1 is 1.27 bits per heavy atom. The molecular weight excluding hydrogens is 351 g/mol. The van der Waals surface area contributed by atoms with Crippen molar-refractivity contribution >= 4 is 22.6 Å². The lowest BCUT2D eigenvalue weighted by atomic mass is 10.0. The maximum Gasteiger partial charge on any atom is 0.316 e. The van der Waals surface area contributed by atoms with E-state index in [0.29, 0.717) is 18.8 Å². The van der Waals surface area contributed by atoms with E-state index < -0.39 is 11.5 Å². The smallest absolute Gasteiger partial charge is 0.316 e. The molecule has 0 spiro atoms. The summed E-state index contributed by atoms with van der Waals surface area (Å²) in [5.74, 6) is 0.990. The van der Waals surface area contributed by atoms with E-state index in [4.69, 9.17) is 4.74 Å². The van der Waals surface area contributed by atoms with Crippen LogP contribution in [0, 0.1) is 12.7 Å². The summed E-state index contributed by atoms with van der Waals surface area (Å²) < 4.78 is 21.8. The van der Waals surface area contributed by atoms with Crippen LogP contribution in [0.25, 0.3) is 0 Å². The highest BCUT2D eigenvalue weighted by Crippen LogP contribution is 2.39. The molecule has 0 aliphatic carbocycles. The Kier molecular flexibility index (Phi) is 4.40. The summed E-state index contributed by atoms with van der Waals surface area (Å²) in [6.07, 6.45) is 0.954. The second-order valence-corrected chi connectivity index (χ2v) is 7.73. The van der Waals surface area contributed by atoms with Crippen LogP contribution in [0.2, 0.25) is 0 Å². The van der Waals surface area contributed by atoms with E-state index in [1.54, 1.807) is 23.9 Å². The molecule has 26 heavy (non-hydrogen) atoms. The molecule has 0 bridgehead atoms. The zero-order chi connectivity index (χ0) is 18.3. The largest absolute Gasteiger partial charge is 0.497 e. The van der Waals surface area contributed by atoms with Crippen molar-refractivity contribution in [2.45, 2.75) is 19.1 Å². The van der Waals surface area contributed by atoms with Crippen molar-refractivity contribution < 1.29 is 18.8 Å². The number of methoxy groups -OCH3 is 1. The van der Waals surface area contributed by atoms with E-state index in [1.807, 2.05) is 22.8 Å². The minimum Gasteiger partial charge on any atom is -0.497 e. The predicted octanol–water partition coefficient (Wildman–Crippen LogP) is 3.31. The van der Waals surface area contributed by atoms with Crippen LogP contribution in [0.15, 0.2) is 42.5 Å². The van der Waals surface area contributed by atoms with Gasteiger partial charge >= 0.3 is 5.17 Å². The molecule has 4 nitrogen and oxygen atoms in total. The Morgan fingerprint density at radius 3 is 2.81 bits per heavy atom. The van der Waals surface area contributed by atoms with Crippen LogP contribution in [-0.2, 0) is 5.72 Å². The lowest BCUT2D eigenvalue weighted by Crippen LogP contribution is -2.42. The Balaban J connectivity index is 1.83. The molecular formula is C20H22FN2O2S+. The van der Waals surface area contributed by atoms with Gasteiger partial charge in [0.05, 0.1) is 19.2 Å². The Hall–Kier alpha value is -2.05. The highest BCUT2D eigenvalue weighted by molar-refractivity contribution is 8.13. The zero-order valence-corrected chi connectivity index (χ0v) is 15.7. The van der Waals surface area contributed by atoms with Crippen LogP contribution >= 0.6 is 11.8 Å². The summed E-state index contributed by atoms with van der Waals surface area (Å²) in [6.45, 7) is 3.05. The number of benzene rings is 2. The quantitative estimate of drug-likeness (QED) is 0.838. The molecule has 2 aromatic carbocycles. The summed E-state index contributed by atoms with van der Waals surface area (Å²) in [5.41, 5.74) is 1.06. The molecule has 0 aromatic heterocycles. The molecule has 0 saturated carbocycles. The van der Waals surface area contributed by atoms with Gasteiger partial charge in [0.1, 0.15) is 17.3 Å². The topological polar surface area (TPSA) is 35.7 Å². The fourth-order valence-corrected chi connectivity index (χ4v) is 4.91. The van der Waals surface area contributed by atoms with Gasteiger partial charge in [-0.05, 0) is 48.9 Å². The van der Waals surface area contributed by atoms with Gasteiger partial charge < -0.3 is 9.84 Å². The van der Waals surface area contributed by atoms with Gasteiger partial charge in [-0.2, -0.15) is 0 Å². The molecule has 2 heterocycles. The van der Waals surface area contributed by atoms with Crippen molar-refractivity contribution in [1.82, 2.24) is 0 Å².